The van der Waals surface area contributed by atoms with Crippen LogP contribution in [-0.4, -0.2) is 191 Å². The van der Waals surface area contributed by atoms with Gasteiger partial charge in [-0.3, -0.25) is 43.2 Å². The second kappa shape index (κ2) is 44.1. The summed E-state index contributed by atoms with van der Waals surface area (Å²) in [6, 6.07) is 15.4. The average molecular weight is 1690 g/mol. The molecule has 26 nitrogen and oxygen atoms in total. The lowest BCUT2D eigenvalue weighted by atomic mass is 9.89. The maximum absolute atomic E-state index is 13.2. The first-order chi connectivity index (χ1) is 53.8. The number of nitrogens with one attached hydrogen (secondary N) is 6. The summed E-state index contributed by atoms with van der Waals surface area (Å²) in [6.45, 7) is 24.4. The highest BCUT2D eigenvalue weighted by Gasteiger charge is 2.40. The quantitative estimate of drug-likeness (QED) is 0.0359. The summed E-state index contributed by atoms with van der Waals surface area (Å²) in [6.07, 6.45) is 15.4. The molecule has 0 bridgehead atoms. The van der Waals surface area contributed by atoms with Gasteiger partial charge in [0.2, 0.25) is 5.91 Å². The minimum Gasteiger partial charge on any atom is -0.496 e. The molecule has 0 spiro atoms. The van der Waals surface area contributed by atoms with Gasteiger partial charge in [0.05, 0.1) is 53.2 Å². The molecule has 114 heavy (non-hydrogen) atoms. The second-order valence-electron chi connectivity index (χ2n) is 31.6. The minimum atomic E-state index is -3.60. The number of benzene rings is 4. The van der Waals surface area contributed by atoms with E-state index in [1.807, 2.05) is 106 Å². The van der Waals surface area contributed by atoms with Crippen molar-refractivity contribution in [3.63, 3.8) is 0 Å². The van der Waals surface area contributed by atoms with Crippen LogP contribution in [0.2, 0.25) is 0 Å². The maximum Gasteiger partial charge on any atom is 0.410 e. The monoisotopic (exact) mass is 1680 g/mol. The van der Waals surface area contributed by atoms with E-state index >= 15 is 0 Å². The summed E-state index contributed by atoms with van der Waals surface area (Å²) < 4.78 is 66.6. The average Bonchev–Trinajstić information content (AvgIpc) is 0.821. The van der Waals surface area contributed by atoms with Gasteiger partial charge in [0, 0.05) is 97.3 Å². The Morgan fingerprint density at radius 1 is 0.509 bits per heavy atom. The smallest absolute Gasteiger partial charge is 0.410 e. The van der Waals surface area contributed by atoms with Crippen molar-refractivity contribution in [1.29, 1.82) is 0 Å². The Balaban J connectivity index is 0.000000211. The fourth-order valence-electron chi connectivity index (χ4n) is 14.4. The number of carbonyl (C=O) groups excluding carboxylic acids is 7. The van der Waals surface area contributed by atoms with Gasteiger partial charge in [-0.15, -0.1) is 0 Å². The van der Waals surface area contributed by atoms with Crippen LogP contribution in [0.5, 0.6) is 23.0 Å². The predicted octanol–water partition coefficient (Wildman–Crippen LogP) is 14.6. The number of imide groups is 1. The highest BCUT2D eigenvalue weighted by molar-refractivity contribution is 8.06. The molecule has 8 N–H and O–H groups in total. The molecule has 7 amide bonds. The van der Waals surface area contributed by atoms with Crippen LogP contribution in [0.25, 0.3) is 0 Å². The molecule has 6 heterocycles. The van der Waals surface area contributed by atoms with Gasteiger partial charge in [0.15, 0.2) is 0 Å². The van der Waals surface area contributed by atoms with Gasteiger partial charge in [-0.1, -0.05) is 25.3 Å². The van der Waals surface area contributed by atoms with Crippen LogP contribution in [0.15, 0.2) is 60.2 Å². The second-order valence-corrected chi connectivity index (χ2v) is 39.3. The van der Waals surface area contributed by atoms with Crippen LogP contribution in [0, 0.1) is 61.3 Å². The van der Waals surface area contributed by atoms with Crippen molar-refractivity contribution in [2.75, 3.05) is 87.4 Å². The van der Waals surface area contributed by atoms with E-state index in [0.29, 0.717) is 136 Å². The molecule has 2 unspecified atom stereocenters. The minimum absolute atomic E-state index is 0.00620. The molecule has 11 rings (SSSR count). The third kappa shape index (κ3) is 28.5. The number of rotatable bonds is 18. The molecule has 4 aromatic carbocycles. The van der Waals surface area contributed by atoms with Crippen LogP contribution in [-0.2, 0) is 32.7 Å². The fraction of sp³-hybridized carbons (Fsp3) is 0.602. The lowest BCUT2D eigenvalue weighted by molar-refractivity contribution is -0.139. The molecule has 31 heteroatoms. The number of amides is 7. The fourth-order valence-corrected chi connectivity index (χ4v) is 17.9. The first kappa shape index (κ1) is 94.4. The predicted molar refractivity (Wildman–Crippen MR) is 448 cm³/mol. The van der Waals surface area contributed by atoms with Crippen LogP contribution in [0.3, 0.4) is 0 Å². The Morgan fingerprint density at radius 2 is 0.877 bits per heavy atom. The van der Waals surface area contributed by atoms with Crippen LogP contribution < -0.4 is 56.6 Å². The SMILES string of the molecule is COc1cc(C(=O)NC2CCN(C(=O)OC(C)(C)C)CC2)cc(C)c1C.COc1cc(C(=O)NC2CCN(P(=O)(Cl)Cl)CC2)cc(C)c1C.COc1cc(C(=O)NC2CCN(P(=O)(Cl)OC[C@@H]3CCC[C@H](C4C=C(C)C(=O)NC4=O)O3)CC2)cc(C)c1C.COc1cc(C(=O)NC2CCNCC2)cc(C)c1C.NC1CCCCC1. The number of carbonyl (C=O) groups is 7. The Kier molecular flexibility index (Phi) is 36.5. The Morgan fingerprint density at radius 3 is 1.23 bits per heavy atom. The van der Waals surface area contributed by atoms with E-state index in [2.05, 4.69) is 31.9 Å². The van der Waals surface area contributed by atoms with Gasteiger partial charge >= 0.3 is 19.0 Å². The molecule has 6 fully saturated rings. The molecular weight excluding hydrogens is 1560 g/mol. The van der Waals surface area contributed by atoms with Crippen molar-refractivity contribution < 1.29 is 75.6 Å². The van der Waals surface area contributed by atoms with Crippen molar-refractivity contribution in [3.8, 4) is 23.0 Å². The van der Waals surface area contributed by atoms with E-state index in [1.54, 1.807) is 73.9 Å². The van der Waals surface area contributed by atoms with E-state index in [-0.39, 0.29) is 84.5 Å². The van der Waals surface area contributed by atoms with Crippen LogP contribution in [0.4, 0.5) is 4.79 Å². The molecule has 0 aromatic heterocycles. The summed E-state index contributed by atoms with van der Waals surface area (Å²) in [5, 5.41) is 17.9. The van der Waals surface area contributed by atoms with Gasteiger partial charge < -0.3 is 70.2 Å². The van der Waals surface area contributed by atoms with E-state index < -0.39 is 24.4 Å². The zero-order valence-corrected chi connectivity index (χ0v) is 73.5. The lowest BCUT2D eigenvalue weighted by Crippen LogP contribution is -2.47. The maximum atomic E-state index is 13.2. The molecule has 4 aromatic rings. The summed E-state index contributed by atoms with van der Waals surface area (Å²) in [4.78, 5) is 88.0. The largest absolute Gasteiger partial charge is 0.496 e. The number of methoxy groups -OCH3 is 4. The normalized spacial score (nSPS) is 20.3. The molecule has 1 aliphatic carbocycles. The van der Waals surface area contributed by atoms with Gasteiger partial charge in [-0.2, -0.15) is 0 Å². The molecule has 1 saturated carbocycles. The number of ether oxygens (including phenoxy) is 6. The van der Waals surface area contributed by atoms with Gasteiger partial charge in [-0.05, 0) is 306 Å². The first-order valence-corrected chi connectivity index (χ1v) is 45.7. The molecule has 4 atom stereocenters. The summed E-state index contributed by atoms with van der Waals surface area (Å²) in [5.41, 5.74) is 16.2. The van der Waals surface area contributed by atoms with Gasteiger partial charge in [-0.25, -0.2) is 14.1 Å². The zero-order chi connectivity index (χ0) is 83.9. The number of aryl methyl sites for hydroxylation is 4. The van der Waals surface area contributed by atoms with Crippen molar-refractivity contribution in [2.24, 2.45) is 11.7 Å². The summed E-state index contributed by atoms with van der Waals surface area (Å²) in [5.74, 6) is -2.09. The number of halogens is 3. The Bertz CT molecular complexity index is 4100. The van der Waals surface area contributed by atoms with Crippen molar-refractivity contribution >= 4 is 88.1 Å². The Hall–Kier alpha value is -6.80. The standard InChI is InChI=1S/C27H37ClN3O7P.C20H30N2O4.C15H21Cl2N2O3P.C15H22N2O2.C6H13N/c1-16-12-19(14-24(36-4)18(16)3)26(33)29-20-8-10-31(11-9-20)39(28,35)37-15-21-6-5-7-23(38-21)22-13-17(2)25(32)30-27(22)34;1-13-11-15(12-17(25-6)14(13)2)18(23)21-16-7-9-22(10-8-16)19(24)26-20(3,4)5;1-10-8-12(9-14(22-3)11(10)2)15(20)18-13-4-6-19(7-5-13)23(16,17)21;1-10-8-12(9-14(19-3)11(10)2)15(18)17-13-4-6-16-7-5-13;7-6-4-2-1-3-5-6/h12-14,20-23H,5-11,15H2,1-4H3,(H,29,33)(H,30,32,34);11-12,16H,7-10H2,1-6H3,(H,21,23);8-9,13H,4-7H2,1-3H3,(H,18,20);8-9,13,16H,4-7H2,1-3H3,(H,17,18);6H,1-5,7H2/t21-,22?,23+,39?;;;;/m0..../s1. The third-order valence-corrected chi connectivity index (χ3v) is 26.8. The van der Waals surface area contributed by atoms with Gasteiger partial charge in [0.1, 0.15) is 28.6 Å². The third-order valence-electron chi connectivity index (χ3n) is 22.0. The van der Waals surface area contributed by atoms with Crippen LogP contribution in [0.1, 0.15) is 216 Å². The number of piperidine rings is 4. The number of nitrogens with two attached hydrogens (primary N) is 1. The molecule has 7 aliphatic rings. The first-order valence-electron chi connectivity index (χ1n) is 39.7. The van der Waals surface area contributed by atoms with E-state index in [1.165, 1.54) is 32.1 Å². The number of hydrogen-bond acceptors (Lipinski definition) is 18. The molecule has 6 aliphatic heterocycles. The Labute approximate surface area is 688 Å². The van der Waals surface area contributed by atoms with E-state index in [0.717, 1.165) is 88.4 Å². The van der Waals surface area contributed by atoms with Crippen LogP contribution >= 0.6 is 46.6 Å². The number of nitrogens with zero attached hydrogens (tertiary/aromatic N) is 3. The van der Waals surface area contributed by atoms with E-state index in [4.69, 9.17) is 72.4 Å². The zero-order valence-electron chi connectivity index (χ0n) is 69.5. The molecule has 632 valence electrons. The topological polar surface area (TPSA) is 326 Å². The highest BCUT2D eigenvalue weighted by atomic mass is 35.9. The molecule has 0 radical (unpaired) electrons. The number of hydrogen-bond donors (Lipinski definition) is 7. The van der Waals surface area contributed by atoms with Crippen molar-refractivity contribution in [3.05, 3.63) is 127 Å². The summed E-state index contributed by atoms with van der Waals surface area (Å²) >= 11 is 17.7. The molecule has 5 saturated heterocycles. The molecular formula is C83H123Cl3N10O16P2. The lowest BCUT2D eigenvalue weighted by Gasteiger charge is -2.36. The van der Waals surface area contributed by atoms with Gasteiger partial charge in [0.25, 0.3) is 29.5 Å². The van der Waals surface area contributed by atoms with E-state index in [9.17, 15) is 42.7 Å². The highest BCUT2D eigenvalue weighted by Crippen LogP contribution is 2.60. The summed E-state index contributed by atoms with van der Waals surface area (Å²) in [7, 11) is 6.42. The van der Waals surface area contributed by atoms with Crippen molar-refractivity contribution in [2.45, 2.75) is 234 Å². The van der Waals surface area contributed by atoms with Crippen molar-refractivity contribution in [1.82, 2.24) is 46.1 Å². The number of likely N-dealkylation sites (tertiary alicyclic amines) is 1.